The van der Waals surface area contributed by atoms with Gasteiger partial charge in [0.05, 0.1) is 11.2 Å². The second-order valence-corrected chi connectivity index (χ2v) is 5.43. The van der Waals surface area contributed by atoms with Crippen molar-refractivity contribution in [2.45, 2.75) is 0 Å². The molecule has 1 N–H and O–H groups in total. The van der Waals surface area contributed by atoms with Crippen LogP contribution in [0.15, 0.2) is 47.6 Å². The number of carbonyl (C=O) groups is 1. The highest BCUT2D eigenvalue weighted by Crippen LogP contribution is 2.27. The van der Waals surface area contributed by atoms with Crippen LogP contribution in [0.3, 0.4) is 0 Å². The third kappa shape index (κ3) is 4.91. The molecule has 0 atom stereocenters. The minimum atomic E-state index is -0.431. The molecule has 0 aliphatic carbocycles. The number of nitrogens with one attached hydrogen (secondary N) is 1. The van der Waals surface area contributed by atoms with E-state index < -0.39 is 5.91 Å². The van der Waals surface area contributed by atoms with Crippen molar-refractivity contribution in [3.63, 3.8) is 0 Å². The quantitative estimate of drug-likeness (QED) is 0.645. The Morgan fingerprint density at radius 3 is 2.68 bits per heavy atom. The maximum atomic E-state index is 11.6. The number of carbonyl (C=O) groups excluding carboxylic acids is 1. The summed E-state index contributed by atoms with van der Waals surface area (Å²) in [5.74, 6) is -0.0984. The normalized spacial score (nSPS) is 10.7. The molecule has 2 rings (SSSR count). The van der Waals surface area contributed by atoms with E-state index >= 15 is 0 Å². The summed E-state index contributed by atoms with van der Waals surface area (Å²) < 4.78 is 5.28. The van der Waals surface area contributed by atoms with Gasteiger partial charge in [-0.15, -0.1) is 0 Å². The van der Waals surface area contributed by atoms with Crippen molar-refractivity contribution in [2.75, 3.05) is 6.61 Å². The molecule has 0 heterocycles. The van der Waals surface area contributed by atoms with E-state index in [0.717, 1.165) is 0 Å². The van der Waals surface area contributed by atoms with E-state index in [1.165, 1.54) is 12.3 Å². The van der Waals surface area contributed by atoms with Crippen molar-refractivity contribution in [3.8, 4) is 5.75 Å². The first-order valence-corrected chi connectivity index (χ1v) is 7.34. The van der Waals surface area contributed by atoms with Crippen molar-refractivity contribution < 1.29 is 9.53 Å². The maximum Gasteiger partial charge on any atom is 0.277 e. The van der Waals surface area contributed by atoms with E-state index in [0.29, 0.717) is 26.4 Å². The summed E-state index contributed by atoms with van der Waals surface area (Å²) in [5, 5.41) is 5.19. The van der Waals surface area contributed by atoms with Crippen LogP contribution in [-0.2, 0) is 4.79 Å². The molecule has 0 radical (unpaired) electrons. The number of rotatable bonds is 5. The Bertz CT molecular complexity index is 705. The average molecular weight is 358 g/mol. The van der Waals surface area contributed by atoms with Gasteiger partial charge >= 0.3 is 0 Å². The molecule has 0 spiro atoms. The van der Waals surface area contributed by atoms with Crippen molar-refractivity contribution in [1.82, 2.24) is 5.43 Å². The fraction of sp³-hybridized carbons (Fsp3) is 0.0667. The molecule has 7 heteroatoms. The smallest absolute Gasteiger partial charge is 0.277 e. The summed E-state index contributed by atoms with van der Waals surface area (Å²) in [6.07, 6.45) is 1.45. The number of hydrazone groups is 1. The largest absolute Gasteiger partial charge is 0.482 e. The molecule has 1 amide bonds. The zero-order valence-electron chi connectivity index (χ0n) is 11.2. The van der Waals surface area contributed by atoms with Crippen LogP contribution in [0.1, 0.15) is 5.56 Å². The molecule has 0 fully saturated rings. The lowest BCUT2D eigenvalue weighted by Gasteiger charge is -2.07. The van der Waals surface area contributed by atoms with Crippen LogP contribution >= 0.6 is 34.8 Å². The Hall–Kier alpha value is -1.75. The molecule has 4 nitrogen and oxygen atoms in total. The lowest BCUT2D eigenvalue weighted by atomic mass is 10.2. The molecular weight excluding hydrogens is 347 g/mol. The number of hydrogen-bond donors (Lipinski definition) is 1. The van der Waals surface area contributed by atoms with Crippen LogP contribution < -0.4 is 10.2 Å². The zero-order chi connectivity index (χ0) is 15.9. The maximum absolute atomic E-state index is 11.6. The number of nitrogens with zero attached hydrogens (tertiary/aromatic N) is 1. The van der Waals surface area contributed by atoms with E-state index in [1.807, 2.05) is 6.07 Å². The molecule has 0 saturated heterocycles. The Labute approximate surface area is 142 Å². The van der Waals surface area contributed by atoms with Crippen LogP contribution in [-0.4, -0.2) is 18.7 Å². The van der Waals surface area contributed by atoms with Gasteiger partial charge in [-0.25, -0.2) is 5.43 Å². The topological polar surface area (TPSA) is 50.7 Å². The van der Waals surface area contributed by atoms with Gasteiger partial charge in [0, 0.05) is 21.7 Å². The van der Waals surface area contributed by atoms with Gasteiger partial charge in [0.2, 0.25) is 0 Å². The molecule has 2 aromatic carbocycles. The van der Waals surface area contributed by atoms with Crippen LogP contribution in [0.25, 0.3) is 0 Å². The fourth-order valence-electron chi connectivity index (χ4n) is 1.52. The monoisotopic (exact) mass is 356 g/mol. The second-order valence-electron chi connectivity index (χ2n) is 4.18. The minimum absolute atomic E-state index is 0.236. The fourth-order valence-corrected chi connectivity index (χ4v) is 2.04. The molecule has 0 saturated carbocycles. The Morgan fingerprint density at radius 2 is 1.91 bits per heavy atom. The SMILES string of the molecule is O=C(COc1cc(Cl)ccc1Cl)NN=Cc1ccccc1Cl. The molecule has 0 aliphatic heterocycles. The summed E-state index contributed by atoms with van der Waals surface area (Å²) in [6, 6.07) is 11.9. The third-order valence-corrected chi connectivity index (χ3v) is 3.44. The lowest BCUT2D eigenvalue weighted by Crippen LogP contribution is -2.24. The van der Waals surface area contributed by atoms with Crippen molar-refractivity contribution in [1.29, 1.82) is 0 Å². The van der Waals surface area contributed by atoms with E-state index in [9.17, 15) is 4.79 Å². The molecular formula is C15H11Cl3N2O2. The summed E-state index contributed by atoms with van der Waals surface area (Å²) in [7, 11) is 0. The van der Waals surface area contributed by atoms with Crippen LogP contribution in [0.2, 0.25) is 15.1 Å². The number of ether oxygens (including phenoxy) is 1. The van der Waals surface area contributed by atoms with Gasteiger partial charge in [-0.05, 0) is 18.2 Å². The number of amides is 1. The number of hydrogen-bond acceptors (Lipinski definition) is 3. The number of halogens is 3. The first-order chi connectivity index (χ1) is 10.6. The second kappa shape index (κ2) is 8.03. The van der Waals surface area contributed by atoms with Gasteiger partial charge in [-0.3, -0.25) is 4.79 Å². The van der Waals surface area contributed by atoms with Crippen LogP contribution in [0, 0.1) is 0 Å². The van der Waals surface area contributed by atoms with Crippen molar-refractivity contribution in [3.05, 3.63) is 63.1 Å². The zero-order valence-corrected chi connectivity index (χ0v) is 13.5. The summed E-state index contributed by atoms with van der Waals surface area (Å²) >= 11 is 17.7. The van der Waals surface area contributed by atoms with Gasteiger partial charge in [-0.2, -0.15) is 5.10 Å². The summed E-state index contributed by atoms with van der Waals surface area (Å²) in [5.41, 5.74) is 3.03. The van der Waals surface area contributed by atoms with Gasteiger partial charge in [0.25, 0.3) is 5.91 Å². The highest BCUT2D eigenvalue weighted by atomic mass is 35.5. The predicted octanol–water partition coefficient (Wildman–Crippen LogP) is 4.18. The van der Waals surface area contributed by atoms with E-state index in [2.05, 4.69) is 10.5 Å². The van der Waals surface area contributed by atoms with Crippen LogP contribution in [0.4, 0.5) is 0 Å². The first kappa shape index (κ1) is 16.6. The lowest BCUT2D eigenvalue weighted by molar-refractivity contribution is -0.123. The summed E-state index contributed by atoms with van der Waals surface area (Å²) in [4.78, 5) is 11.6. The van der Waals surface area contributed by atoms with Gasteiger partial charge < -0.3 is 4.74 Å². The Balaban J connectivity index is 1.86. The van der Waals surface area contributed by atoms with E-state index in [-0.39, 0.29) is 6.61 Å². The Morgan fingerprint density at radius 1 is 1.14 bits per heavy atom. The molecule has 2 aromatic rings. The minimum Gasteiger partial charge on any atom is -0.482 e. The van der Waals surface area contributed by atoms with Crippen molar-refractivity contribution >= 4 is 46.9 Å². The molecule has 0 unspecified atom stereocenters. The summed E-state index contributed by atoms with van der Waals surface area (Å²) in [6.45, 7) is -0.236. The van der Waals surface area contributed by atoms with Gasteiger partial charge in [0.1, 0.15) is 5.75 Å². The molecule has 0 aromatic heterocycles. The van der Waals surface area contributed by atoms with Crippen molar-refractivity contribution in [2.24, 2.45) is 5.10 Å². The van der Waals surface area contributed by atoms with E-state index in [4.69, 9.17) is 39.5 Å². The van der Waals surface area contributed by atoms with Crippen LogP contribution in [0.5, 0.6) is 5.75 Å². The predicted molar refractivity (Wildman–Crippen MR) is 89.1 cm³/mol. The molecule has 114 valence electrons. The highest BCUT2D eigenvalue weighted by molar-refractivity contribution is 6.34. The first-order valence-electron chi connectivity index (χ1n) is 6.20. The van der Waals surface area contributed by atoms with Gasteiger partial charge in [-0.1, -0.05) is 53.0 Å². The number of benzene rings is 2. The highest BCUT2D eigenvalue weighted by Gasteiger charge is 2.06. The van der Waals surface area contributed by atoms with E-state index in [1.54, 1.807) is 30.3 Å². The standard InChI is InChI=1S/C15H11Cl3N2O2/c16-11-5-6-13(18)14(7-11)22-9-15(21)20-19-8-10-3-1-2-4-12(10)17/h1-8H,9H2,(H,20,21). The molecule has 22 heavy (non-hydrogen) atoms. The third-order valence-electron chi connectivity index (χ3n) is 2.55. The molecule has 0 aliphatic rings. The Kier molecular flexibility index (Phi) is 6.07. The molecule has 0 bridgehead atoms. The van der Waals surface area contributed by atoms with Gasteiger partial charge in [0.15, 0.2) is 6.61 Å². The average Bonchev–Trinajstić information content (AvgIpc) is 2.50.